The lowest BCUT2D eigenvalue weighted by atomic mass is 9.99. The molecule has 0 saturated carbocycles. The topological polar surface area (TPSA) is 79.9 Å². The van der Waals surface area contributed by atoms with E-state index in [1.165, 1.54) is 0 Å². The van der Waals surface area contributed by atoms with Gasteiger partial charge in [0.05, 0.1) is 14.2 Å². The molecular weight excluding hydrogens is 382 g/mol. The van der Waals surface area contributed by atoms with Crippen molar-refractivity contribution in [2.45, 2.75) is 33.2 Å². The summed E-state index contributed by atoms with van der Waals surface area (Å²) in [5.74, 6) is 1.23. The van der Waals surface area contributed by atoms with Crippen molar-refractivity contribution in [1.29, 1.82) is 0 Å². The lowest BCUT2D eigenvalue weighted by Gasteiger charge is -2.29. The Bertz CT molecular complexity index is 942. The first-order chi connectivity index (χ1) is 14.4. The maximum Gasteiger partial charge on any atom is 0.317 e. The molecule has 0 aromatic heterocycles. The van der Waals surface area contributed by atoms with E-state index in [0.29, 0.717) is 24.6 Å². The van der Waals surface area contributed by atoms with Gasteiger partial charge in [0.2, 0.25) is 5.91 Å². The van der Waals surface area contributed by atoms with E-state index in [-0.39, 0.29) is 24.9 Å². The smallest absolute Gasteiger partial charge is 0.317 e. The second-order valence-electron chi connectivity index (χ2n) is 7.50. The van der Waals surface area contributed by atoms with Crippen LogP contribution in [0.3, 0.4) is 0 Å². The SMILES string of the molecule is COc1cc2c(cc1OC)CN(C(=O)NCCC(=O)Nc1ccc(C)cc1C)CC2. The van der Waals surface area contributed by atoms with E-state index < -0.39 is 0 Å². The predicted molar refractivity (Wildman–Crippen MR) is 116 cm³/mol. The van der Waals surface area contributed by atoms with Crippen LogP contribution in [-0.2, 0) is 17.8 Å². The van der Waals surface area contributed by atoms with Gasteiger partial charge in [0, 0.05) is 31.7 Å². The summed E-state index contributed by atoms with van der Waals surface area (Å²) in [4.78, 5) is 26.5. The van der Waals surface area contributed by atoms with Crippen molar-refractivity contribution in [2.24, 2.45) is 0 Å². The van der Waals surface area contributed by atoms with Gasteiger partial charge in [0.1, 0.15) is 0 Å². The Morgan fingerprint density at radius 2 is 1.73 bits per heavy atom. The standard InChI is InChI=1S/C23H29N3O4/c1-15-5-6-19(16(2)11-15)25-22(27)7-9-24-23(28)26-10-8-17-12-20(29-3)21(30-4)13-18(17)14-26/h5-6,11-13H,7-10,14H2,1-4H3,(H,24,28)(H,25,27). The number of hydrogen-bond donors (Lipinski definition) is 2. The van der Waals surface area contributed by atoms with Gasteiger partial charge in [0.25, 0.3) is 0 Å². The van der Waals surface area contributed by atoms with Crippen molar-refractivity contribution in [2.75, 3.05) is 32.6 Å². The van der Waals surface area contributed by atoms with Gasteiger partial charge in [-0.05, 0) is 55.2 Å². The number of hydrogen-bond acceptors (Lipinski definition) is 4. The van der Waals surface area contributed by atoms with Gasteiger partial charge < -0.3 is 25.0 Å². The number of nitrogens with zero attached hydrogens (tertiary/aromatic N) is 1. The summed E-state index contributed by atoms with van der Waals surface area (Å²) < 4.78 is 10.7. The van der Waals surface area contributed by atoms with Crippen LogP contribution in [0.4, 0.5) is 10.5 Å². The number of methoxy groups -OCH3 is 2. The Morgan fingerprint density at radius 3 is 2.40 bits per heavy atom. The highest BCUT2D eigenvalue weighted by Gasteiger charge is 2.22. The van der Waals surface area contributed by atoms with Crippen LogP contribution in [0.5, 0.6) is 11.5 Å². The summed E-state index contributed by atoms with van der Waals surface area (Å²) in [6, 6.07) is 9.61. The highest BCUT2D eigenvalue weighted by atomic mass is 16.5. The van der Waals surface area contributed by atoms with E-state index in [9.17, 15) is 9.59 Å². The molecule has 0 fully saturated rings. The average molecular weight is 412 g/mol. The Hall–Kier alpha value is -3.22. The number of ether oxygens (including phenoxy) is 2. The molecule has 3 rings (SSSR count). The molecule has 0 saturated heterocycles. The molecular formula is C23H29N3O4. The zero-order valence-electron chi connectivity index (χ0n) is 18.0. The molecule has 1 aliphatic heterocycles. The van der Waals surface area contributed by atoms with Gasteiger partial charge in [-0.3, -0.25) is 4.79 Å². The number of amides is 3. The van der Waals surface area contributed by atoms with Crippen LogP contribution in [-0.4, -0.2) is 44.1 Å². The molecule has 2 aromatic rings. The van der Waals surface area contributed by atoms with E-state index in [2.05, 4.69) is 10.6 Å². The molecule has 0 unspecified atom stereocenters. The van der Waals surface area contributed by atoms with Crippen LogP contribution in [0.15, 0.2) is 30.3 Å². The number of aryl methyl sites for hydroxylation is 2. The fourth-order valence-corrected chi connectivity index (χ4v) is 3.62. The number of urea groups is 1. The van der Waals surface area contributed by atoms with Gasteiger partial charge in [-0.2, -0.15) is 0 Å². The Labute approximate surface area is 177 Å². The Balaban J connectivity index is 1.50. The normalized spacial score (nSPS) is 12.7. The second-order valence-corrected chi connectivity index (χ2v) is 7.50. The summed E-state index contributed by atoms with van der Waals surface area (Å²) >= 11 is 0. The minimum Gasteiger partial charge on any atom is -0.493 e. The van der Waals surface area contributed by atoms with Crippen LogP contribution >= 0.6 is 0 Å². The molecule has 0 atom stereocenters. The summed E-state index contributed by atoms with van der Waals surface area (Å²) in [7, 11) is 3.21. The third-order valence-electron chi connectivity index (χ3n) is 5.29. The van der Waals surface area contributed by atoms with E-state index in [4.69, 9.17) is 9.47 Å². The minimum absolute atomic E-state index is 0.122. The molecule has 1 aliphatic rings. The summed E-state index contributed by atoms with van der Waals surface area (Å²) in [6.45, 7) is 5.37. The molecule has 3 amide bonds. The van der Waals surface area contributed by atoms with Crippen LogP contribution in [0, 0.1) is 13.8 Å². The minimum atomic E-state index is -0.172. The van der Waals surface area contributed by atoms with Crippen molar-refractivity contribution in [3.05, 3.63) is 52.6 Å². The molecule has 2 aromatic carbocycles. The van der Waals surface area contributed by atoms with Crippen molar-refractivity contribution < 1.29 is 19.1 Å². The van der Waals surface area contributed by atoms with Gasteiger partial charge >= 0.3 is 6.03 Å². The fraction of sp³-hybridized carbons (Fsp3) is 0.391. The molecule has 0 radical (unpaired) electrons. The average Bonchev–Trinajstić information content (AvgIpc) is 2.74. The maximum atomic E-state index is 12.5. The van der Waals surface area contributed by atoms with E-state index in [1.807, 2.05) is 44.2 Å². The Kier molecular flexibility index (Phi) is 6.82. The summed E-state index contributed by atoms with van der Waals surface area (Å²) in [6.07, 6.45) is 0.963. The first kappa shape index (κ1) is 21.5. The second kappa shape index (κ2) is 9.52. The molecule has 0 aliphatic carbocycles. The number of anilines is 1. The van der Waals surface area contributed by atoms with Gasteiger partial charge in [-0.1, -0.05) is 17.7 Å². The summed E-state index contributed by atoms with van der Waals surface area (Å²) in [5.41, 5.74) is 5.17. The predicted octanol–water partition coefficient (Wildman–Crippen LogP) is 3.42. The van der Waals surface area contributed by atoms with Gasteiger partial charge in [0.15, 0.2) is 11.5 Å². The van der Waals surface area contributed by atoms with E-state index >= 15 is 0 Å². The lowest BCUT2D eigenvalue weighted by molar-refractivity contribution is -0.116. The number of carbonyl (C=O) groups excluding carboxylic acids is 2. The number of fused-ring (bicyclic) bond motifs is 1. The number of nitrogens with one attached hydrogen (secondary N) is 2. The molecule has 2 N–H and O–H groups in total. The van der Waals surface area contributed by atoms with Crippen LogP contribution in [0.2, 0.25) is 0 Å². The maximum absolute atomic E-state index is 12.5. The highest BCUT2D eigenvalue weighted by Crippen LogP contribution is 2.33. The van der Waals surface area contributed by atoms with Crippen molar-refractivity contribution >= 4 is 17.6 Å². The summed E-state index contributed by atoms with van der Waals surface area (Å²) in [5, 5.41) is 5.74. The molecule has 7 heteroatoms. The van der Waals surface area contributed by atoms with Crippen molar-refractivity contribution in [3.63, 3.8) is 0 Å². The molecule has 0 spiro atoms. The van der Waals surface area contributed by atoms with Crippen molar-refractivity contribution in [3.8, 4) is 11.5 Å². The van der Waals surface area contributed by atoms with E-state index in [0.717, 1.165) is 34.4 Å². The van der Waals surface area contributed by atoms with Gasteiger partial charge in [-0.25, -0.2) is 4.79 Å². The third kappa shape index (κ3) is 5.03. The highest BCUT2D eigenvalue weighted by molar-refractivity contribution is 5.91. The van der Waals surface area contributed by atoms with Crippen LogP contribution in [0.25, 0.3) is 0 Å². The van der Waals surface area contributed by atoms with Crippen LogP contribution < -0.4 is 20.1 Å². The Morgan fingerprint density at radius 1 is 1.03 bits per heavy atom. The number of benzene rings is 2. The monoisotopic (exact) mass is 411 g/mol. The number of rotatable bonds is 6. The number of carbonyl (C=O) groups is 2. The van der Waals surface area contributed by atoms with Gasteiger partial charge in [-0.15, -0.1) is 0 Å². The zero-order valence-corrected chi connectivity index (χ0v) is 18.0. The molecule has 0 bridgehead atoms. The molecule has 1 heterocycles. The molecule has 30 heavy (non-hydrogen) atoms. The largest absolute Gasteiger partial charge is 0.493 e. The lowest BCUT2D eigenvalue weighted by Crippen LogP contribution is -2.43. The fourth-order valence-electron chi connectivity index (χ4n) is 3.62. The quantitative estimate of drug-likeness (QED) is 0.763. The first-order valence-electron chi connectivity index (χ1n) is 10.0. The first-order valence-corrected chi connectivity index (χ1v) is 10.0. The zero-order chi connectivity index (χ0) is 21.7. The molecule has 160 valence electrons. The van der Waals surface area contributed by atoms with Crippen LogP contribution in [0.1, 0.15) is 28.7 Å². The third-order valence-corrected chi connectivity index (χ3v) is 5.29. The molecule has 7 nitrogen and oxygen atoms in total. The van der Waals surface area contributed by atoms with Crippen molar-refractivity contribution in [1.82, 2.24) is 10.2 Å². The van der Waals surface area contributed by atoms with E-state index in [1.54, 1.807) is 19.1 Å².